The monoisotopic (exact) mass is 634 g/mol. The number of esters is 1. The van der Waals surface area contributed by atoms with Gasteiger partial charge in [0.25, 0.3) is 0 Å². The highest BCUT2D eigenvalue weighted by Gasteiger charge is 2.44. The van der Waals surface area contributed by atoms with Gasteiger partial charge in [-0.2, -0.15) is 0 Å². The molecule has 44 heavy (non-hydrogen) atoms. The molecule has 1 aliphatic rings. The third-order valence-electron chi connectivity index (χ3n) is 8.36. The van der Waals surface area contributed by atoms with E-state index in [1.165, 1.54) is 83.5 Å². The predicted molar refractivity (Wildman–Crippen MR) is 170 cm³/mol. The first-order valence-corrected chi connectivity index (χ1v) is 17.7. The smallest absolute Gasteiger partial charge is 0.305 e. The number of carbonyl (C=O) groups excluding carboxylic acids is 1. The molecule has 0 bridgehead atoms. The number of hydrogen-bond acceptors (Lipinski definition) is 10. The Morgan fingerprint density at radius 2 is 1.18 bits per heavy atom. The topological polar surface area (TPSA) is 155 Å². The molecule has 1 fully saturated rings. The first-order valence-electron chi connectivity index (χ1n) is 17.7. The average Bonchev–Trinajstić information content (AvgIpc) is 3.02. The number of aliphatic hydroxyl groups is 5. The summed E-state index contributed by atoms with van der Waals surface area (Å²) in [7, 11) is 0. The molecule has 1 rings (SSSR count). The second-order valence-electron chi connectivity index (χ2n) is 12.5. The first-order chi connectivity index (χ1) is 21.3. The number of aliphatic hydroxyl groups excluding tert-OH is 5. The fourth-order valence-electron chi connectivity index (χ4n) is 5.47. The van der Waals surface area contributed by atoms with Crippen molar-refractivity contribution in [1.82, 2.24) is 0 Å². The zero-order chi connectivity index (χ0) is 32.4. The van der Waals surface area contributed by atoms with Crippen LogP contribution in [0.5, 0.6) is 0 Å². The molecule has 10 nitrogen and oxygen atoms in total. The summed E-state index contributed by atoms with van der Waals surface area (Å²) in [5, 5.41) is 50.3. The Morgan fingerprint density at radius 3 is 1.70 bits per heavy atom. The Morgan fingerprint density at radius 1 is 0.682 bits per heavy atom. The number of ether oxygens (including phenoxy) is 4. The van der Waals surface area contributed by atoms with Gasteiger partial charge in [0.1, 0.15) is 37.1 Å². The van der Waals surface area contributed by atoms with Gasteiger partial charge in [0.05, 0.1) is 13.2 Å². The molecule has 10 heteroatoms. The van der Waals surface area contributed by atoms with Gasteiger partial charge in [0, 0.05) is 6.42 Å². The molecule has 262 valence electrons. The Bertz CT molecular complexity index is 664. The summed E-state index contributed by atoms with van der Waals surface area (Å²) < 4.78 is 22.2. The summed E-state index contributed by atoms with van der Waals surface area (Å²) in [5.41, 5.74) is 0. The predicted octanol–water partition coefficient (Wildman–Crippen LogP) is 5.28. The van der Waals surface area contributed by atoms with E-state index in [2.05, 4.69) is 13.8 Å². The fraction of sp³-hybridized carbons (Fsp3) is 0.971. The Kier molecular flexibility index (Phi) is 25.5. The highest BCUT2D eigenvalue weighted by molar-refractivity contribution is 5.69. The van der Waals surface area contributed by atoms with E-state index < -0.39 is 49.7 Å². The second-order valence-corrected chi connectivity index (χ2v) is 12.5. The molecule has 0 saturated carbocycles. The minimum absolute atomic E-state index is 0.150. The molecule has 0 aromatic rings. The quantitative estimate of drug-likeness (QED) is 0.0417. The molecule has 0 spiro atoms. The summed E-state index contributed by atoms with van der Waals surface area (Å²) in [6, 6.07) is 0. The average molecular weight is 635 g/mol. The number of hydrogen-bond donors (Lipinski definition) is 5. The molecular weight excluding hydrogens is 568 g/mol. The molecule has 0 aromatic carbocycles. The molecule has 0 aliphatic carbocycles. The van der Waals surface area contributed by atoms with Crippen LogP contribution in [0.25, 0.3) is 0 Å². The van der Waals surface area contributed by atoms with Gasteiger partial charge in [-0.1, -0.05) is 123 Å². The van der Waals surface area contributed by atoms with Crippen LogP contribution < -0.4 is 0 Å². The third-order valence-corrected chi connectivity index (χ3v) is 8.36. The molecule has 1 aliphatic heterocycles. The minimum atomic E-state index is -1.57. The van der Waals surface area contributed by atoms with Crippen LogP contribution in [0.3, 0.4) is 0 Å². The van der Waals surface area contributed by atoms with E-state index in [-0.39, 0.29) is 19.2 Å². The highest BCUT2D eigenvalue weighted by Crippen LogP contribution is 2.23. The van der Waals surface area contributed by atoms with Crippen molar-refractivity contribution in [2.75, 3.05) is 19.8 Å². The zero-order valence-electron chi connectivity index (χ0n) is 27.8. The zero-order valence-corrected chi connectivity index (χ0v) is 27.8. The molecular formula is C34H66O10. The van der Waals surface area contributed by atoms with Gasteiger partial charge in [0.15, 0.2) is 12.6 Å². The molecule has 5 N–H and O–H groups in total. The van der Waals surface area contributed by atoms with E-state index in [0.29, 0.717) is 12.8 Å². The van der Waals surface area contributed by atoms with Crippen molar-refractivity contribution in [3.8, 4) is 0 Å². The fourth-order valence-corrected chi connectivity index (χ4v) is 5.47. The Balaban J connectivity index is 2.44. The van der Waals surface area contributed by atoms with E-state index in [9.17, 15) is 30.3 Å². The van der Waals surface area contributed by atoms with Crippen molar-refractivity contribution in [3.63, 3.8) is 0 Å². The second kappa shape index (κ2) is 27.3. The molecule has 1 heterocycles. The lowest BCUT2D eigenvalue weighted by Gasteiger charge is -2.40. The maximum Gasteiger partial charge on any atom is 0.305 e. The van der Waals surface area contributed by atoms with Crippen LogP contribution in [0.15, 0.2) is 0 Å². The maximum absolute atomic E-state index is 12.4. The summed E-state index contributed by atoms with van der Waals surface area (Å²) >= 11 is 0. The summed E-state index contributed by atoms with van der Waals surface area (Å²) in [6.07, 6.45) is 13.9. The Hall–Kier alpha value is -0.850. The number of carbonyl (C=O) groups is 1. The largest absolute Gasteiger partial charge is 0.463 e. The lowest BCUT2D eigenvalue weighted by molar-refractivity contribution is -0.308. The van der Waals surface area contributed by atoms with Crippen LogP contribution >= 0.6 is 0 Å². The van der Waals surface area contributed by atoms with Crippen LogP contribution in [-0.4, -0.2) is 94.4 Å². The van der Waals surface area contributed by atoms with Gasteiger partial charge >= 0.3 is 5.97 Å². The summed E-state index contributed by atoms with van der Waals surface area (Å²) in [6.45, 7) is 3.51. The maximum atomic E-state index is 12.4. The van der Waals surface area contributed by atoms with E-state index in [1.54, 1.807) is 0 Å². The highest BCUT2D eigenvalue weighted by atomic mass is 16.7. The van der Waals surface area contributed by atoms with Crippen LogP contribution in [0, 0.1) is 0 Å². The standard InChI is InChI=1S/C34H66O10/c1-3-5-7-9-11-13-15-17-19-21-23-30(37)43-27(26-42-34-33(40)32(39)31(38)28(24-35)44-34)25-41-29(36)22-20-18-16-14-12-10-8-6-4-2/h27-28,30-35,37-40H,3-26H2,1-2H3/t27-,28-,30?,31+,32+,33-,34-/m1/s1. The molecule has 0 radical (unpaired) electrons. The van der Waals surface area contributed by atoms with Crippen LogP contribution in [0.1, 0.15) is 149 Å². The summed E-state index contributed by atoms with van der Waals surface area (Å²) in [5.74, 6) is -0.349. The minimum Gasteiger partial charge on any atom is -0.463 e. The van der Waals surface area contributed by atoms with E-state index in [0.717, 1.165) is 38.5 Å². The van der Waals surface area contributed by atoms with Crippen molar-refractivity contribution in [2.24, 2.45) is 0 Å². The van der Waals surface area contributed by atoms with Crippen LogP contribution in [0.4, 0.5) is 0 Å². The van der Waals surface area contributed by atoms with Gasteiger partial charge in [-0.15, -0.1) is 0 Å². The van der Waals surface area contributed by atoms with Gasteiger partial charge in [-0.05, 0) is 19.3 Å². The molecule has 7 atom stereocenters. The van der Waals surface area contributed by atoms with Gasteiger partial charge in [-0.25, -0.2) is 0 Å². The number of unbranched alkanes of at least 4 members (excludes halogenated alkanes) is 17. The van der Waals surface area contributed by atoms with E-state index in [4.69, 9.17) is 18.9 Å². The molecule has 0 amide bonds. The van der Waals surface area contributed by atoms with Gasteiger partial charge in [0.2, 0.25) is 0 Å². The number of rotatable bonds is 29. The van der Waals surface area contributed by atoms with Crippen molar-refractivity contribution in [2.45, 2.75) is 192 Å². The molecule has 0 aromatic heterocycles. The summed E-state index contributed by atoms with van der Waals surface area (Å²) in [4.78, 5) is 12.4. The van der Waals surface area contributed by atoms with E-state index >= 15 is 0 Å². The van der Waals surface area contributed by atoms with Crippen LogP contribution in [-0.2, 0) is 23.7 Å². The Labute approximate surface area is 266 Å². The first kappa shape index (κ1) is 41.2. The van der Waals surface area contributed by atoms with Crippen molar-refractivity contribution in [3.05, 3.63) is 0 Å². The van der Waals surface area contributed by atoms with Crippen LogP contribution in [0.2, 0.25) is 0 Å². The normalized spacial score (nSPS) is 23.5. The third kappa shape index (κ3) is 19.6. The van der Waals surface area contributed by atoms with Crippen molar-refractivity contribution in [1.29, 1.82) is 0 Å². The van der Waals surface area contributed by atoms with Gasteiger partial charge in [-0.3, -0.25) is 4.79 Å². The van der Waals surface area contributed by atoms with E-state index in [1.807, 2.05) is 0 Å². The molecule has 1 saturated heterocycles. The lowest BCUT2D eigenvalue weighted by atomic mass is 9.99. The van der Waals surface area contributed by atoms with Crippen molar-refractivity contribution >= 4 is 5.97 Å². The lowest BCUT2D eigenvalue weighted by Crippen LogP contribution is -2.59. The van der Waals surface area contributed by atoms with Gasteiger partial charge < -0.3 is 44.5 Å². The van der Waals surface area contributed by atoms with Crippen molar-refractivity contribution < 1.29 is 49.3 Å². The molecule has 1 unspecified atom stereocenters. The SMILES string of the molecule is CCCCCCCCCCCCC(O)O[C@H](COC(=O)CCCCCCCCCCC)CO[C@@H]1O[C@H](CO)[C@H](O)[C@H](O)[C@H]1O.